The number of nitriles is 1. The van der Waals surface area contributed by atoms with Gasteiger partial charge in [-0.15, -0.1) is 13.2 Å². The van der Waals surface area contributed by atoms with Crippen molar-refractivity contribution in [2.45, 2.75) is 19.7 Å². The molecule has 0 atom stereocenters. The first-order valence-electron chi connectivity index (χ1n) is 5.40. The molecule has 0 amide bonds. The van der Waals surface area contributed by atoms with E-state index in [2.05, 4.69) is 4.74 Å². The molecule has 0 saturated heterocycles. The van der Waals surface area contributed by atoms with Gasteiger partial charge in [-0.05, 0) is 47.2 Å². The van der Waals surface area contributed by atoms with Gasteiger partial charge in [0, 0.05) is 0 Å². The Kier molecular flexibility index (Phi) is 5.62. The summed E-state index contributed by atoms with van der Waals surface area (Å²) in [5.41, 5.74) is 0.228. The Morgan fingerprint density at radius 3 is 2.60 bits per heavy atom. The molecule has 0 aliphatic carbocycles. The van der Waals surface area contributed by atoms with Crippen molar-refractivity contribution in [3.63, 3.8) is 0 Å². The second-order valence-corrected chi connectivity index (χ2v) is 4.68. The minimum atomic E-state index is -4.87. The lowest BCUT2D eigenvalue weighted by Crippen LogP contribution is -2.18. The highest BCUT2D eigenvalue weighted by Crippen LogP contribution is 2.31. The molecule has 1 aromatic carbocycles. The topological polar surface area (TPSA) is 59.3 Å². The van der Waals surface area contributed by atoms with Gasteiger partial charge in [-0.3, -0.25) is 4.79 Å². The lowest BCUT2D eigenvalue weighted by atomic mass is 10.1. The van der Waals surface area contributed by atoms with Gasteiger partial charge in [-0.1, -0.05) is 0 Å². The number of benzene rings is 1. The van der Waals surface area contributed by atoms with Crippen LogP contribution in [-0.2, 0) is 16.0 Å². The summed E-state index contributed by atoms with van der Waals surface area (Å²) in [6, 6.07) is 4.17. The van der Waals surface area contributed by atoms with Gasteiger partial charge >= 0.3 is 12.3 Å². The van der Waals surface area contributed by atoms with Crippen LogP contribution in [0.25, 0.3) is 0 Å². The van der Waals surface area contributed by atoms with Crippen molar-refractivity contribution in [3.8, 4) is 11.8 Å². The van der Waals surface area contributed by atoms with Crippen LogP contribution < -0.4 is 4.74 Å². The minimum Gasteiger partial charge on any atom is -0.466 e. The Labute approximate surface area is 126 Å². The average molecular weight is 399 g/mol. The summed E-state index contributed by atoms with van der Waals surface area (Å²) in [5, 5.41) is 8.90. The van der Waals surface area contributed by atoms with Gasteiger partial charge in [-0.25, -0.2) is 0 Å². The summed E-state index contributed by atoms with van der Waals surface area (Å²) < 4.78 is 45.4. The summed E-state index contributed by atoms with van der Waals surface area (Å²) in [6.45, 7) is 1.78. The zero-order valence-corrected chi connectivity index (χ0v) is 12.4. The zero-order valence-electron chi connectivity index (χ0n) is 10.3. The maximum absolute atomic E-state index is 12.3. The number of ether oxygens (including phenoxy) is 2. The van der Waals surface area contributed by atoms with Crippen molar-refractivity contribution in [1.29, 1.82) is 5.26 Å². The predicted molar refractivity (Wildman–Crippen MR) is 70.9 cm³/mol. The van der Waals surface area contributed by atoms with Gasteiger partial charge in [0.05, 0.1) is 22.2 Å². The number of hydrogen-bond acceptors (Lipinski definition) is 4. The molecule has 8 heteroatoms. The lowest BCUT2D eigenvalue weighted by molar-refractivity contribution is -0.275. The average Bonchev–Trinajstić information content (AvgIpc) is 2.31. The van der Waals surface area contributed by atoms with Gasteiger partial charge in [0.2, 0.25) is 0 Å². The number of nitrogens with zero attached hydrogens (tertiary/aromatic N) is 1. The quantitative estimate of drug-likeness (QED) is 0.577. The summed E-state index contributed by atoms with van der Waals surface area (Å²) in [5.74, 6) is -1.09. The standard InChI is InChI=1S/C12H9F3INO3/c1-2-19-10(18)5-7-3-8(6-17)11(16)9(4-7)20-12(13,14)15/h3-4H,2,5H2,1H3. The minimum absolute atomic E-state index is 0.00616. The van der Waals surface area contributed by atoms with E-state index < -0.39 is 18.1 Å². The van der Waals surface area contributed by atoms with Crippen LogP contribution in [0.3, 0.4) is 0 Å². The second kappa shape index (κ2) is 6.78. The number of hydrogen-bond donors (Lipinski definition) is 0. The van der Waals surface area contributed by atoms with E-state index in [9.17, 15) is 18.0 Å². The highest BCUT2D eigenvalue weighted by Gasteiger charge is 2.32. The Bertz CT molecular complexity index is 552. The van der Waals surface area contributed by atoms with Crippen molar-refractivity contribution in [1.82, 2.24) is 0 Å². The molecule has 0 radical (unpaired) electrons. The molecular formula is C12H9F3INO3. The molecule has 1 aromatic rings. The maximum Gasteiger partial charge on any atom is 0.573 e. The predicted octanol–water partition coefficient (Wildman–Crippen LogP) is 3.17. The van der Waals surface area contributed by atoms with Crippen molar-refractivity contribution in [2.75, 3.05) is 6.61 Å². The third kappa shape index (κ3) is 4.88. The van der Waals surface area contributed by atoms with Gasteiger partial charge in [0.1, 0.15) is 11.8 Å². The lowest BCUT2D eigenvalue weighted by Gasteiger charge is -2.13. The van der Waals surface area contributed by atoms with E-state index in [1.807, 2.05) is 0 Å². The van der Waals surface area contributed by atoms with Crippen molar-refractivity contribution < 1.29 is 27.4 Å². The van der Waals surface area contributed by atoms with Crippen LogP contribution in [0.15, 0.2) is 12.1 Å². The molecule has 108 valence electrons. The smallest absolute Gasteiger partial charge is 0.466 e. The number of alkyl halides is 3. The molecule has 0 bridgehead atoms. The molecule has 0 aliphatic heterocycles. The van der Waals surface area contributed by atoms with E-state index >= 15 is 0 Å². The van der Waals surface area contributed by atoms with Gasteiger partial charge < -0.3 is 9.47 Å². The summed E-state index contributed by atoms with van der Waals surface area (Å²) in [6.07, 6.45) is -5.09. The molecule has 0 N–H and O–H groups in total. The third-order valence-electron chi connectivity index (χ3n) is 2.10. The van der Waals surface area contributed by atoms with Gasteiger partial charge in [0.25, 0.3) is 0 Å². The van der Waals surface area contributed by atoms with Crippen LogP contribution in [0.2, 0.25) is 0 Å². The van der Waals surface area contributed by atoms with Crippen LogP contribution >= 0.6 is 22.6 Å². The molecule has 0 unspecified atom stereocenters. The van der Waals surface area contributed by atoms with Crippen molar-refractivity contribution >= 4 is 28.6 Å². The summed E-state index contributed by atoms with van der Waals surface area (Å²) in [4.78, 5) is 11.3. The number of carbonyl (C=O) groups is 1. The first kappa shape index (κ1) is 16.6. The number of halogens is 4. The molecule has 1 rings (SSSR count). The van der Waals surface area contributed by atoms with E-state index in [-0.39, 0.29) is 27.7 Å². The van der Waals surface area contributed by atoms with Crippen molar-refractivity contribution in [3.05, 3.63) is 26.8 Å². The molecule has 0 spiro atoms. The largest absolute Gasteiger partial charge is 0.573 e. The molecule has 0 fully saturated rings. The molecule has 0 aromatic heterocycles. The molecular weight excluding hydrogens is 390 g/mol. The normalized spacial score (nSPS) is 10.8. The van der Waals surface area contributed by atoms with Crippen LogP contribution in [0, 0.1) is 14.9 Å². The number of rotatable bonds is 4. The Morgan fingerprint density at radius 1 is 1.45 bits per heavy atom. The SMILES string of the molecule is CCOC(=O)Cc1cc(C#N)c(I)c(OC(F)(F)F)c1. The highest BCUT2D eigenvalue weighted by atomic mass is 127. The van der Waals surface area contributed by atoms with Crippen molar-refractivity contribution in [2.24, 2.45) is 0 Å². The highest BCUT2D eigenvalue weighted by molar-refractivity contribution is 14.1. The zero-order chi connectivity index (χ0) is 15.3. The summed E-state index contributed by atoms with van der Waals surface area (Å²) >= 11 is 1.58. The summed E-state index contributed by atoms with van der Waals surface area (Å²) in [7, 11) is 0. The van der Waals surface area contributed by atoms with E-state index in [4.69, 9.17) is 10.00 Å². The molecule has 20 heavy (non-hydrogen) atoms. The van der Waals surface area contributed by atoms with Crippen LogP contribution in [-0.4, -0.2) is 18.9 Å². The molecule has 0 heterocycles. The Morgan fingerprint density at radius 2 is 2.10 bits per heavy atom. The van der Waals surface area contributed by atoms with E-state index in [0.717, 1.165) is 6.07 Å². The third-order valence-corrected chi connectivity index (χ3v) is 3.21. The molecule has 0 saturated carbocycles. The van der Waals surface area contributed by atoms with E-state index in [1.165, 1.54) is 6.07 Å². The van der Waals surface area contributed by atoms with Crippen LogP contribution in [0.4, 0.5) is 13.2 Å². The van der Waals surface area contributed by atoms with E-state index in [0.29, 0.717) is 0 Å². The molecule has 4 nitrogen and oxygen atoms in total. The first-order chi connectivity index (χ1) is 9.26. The van der Waals surface area contributed by atoms with Gasteiger partial charge in [-0.2, -0.15) is 5.26 Å². The fourth-order valence-corrected chi connectivity index (χ4v) is 1.96. The van der Waals surface area contributed by atoms with E-state index in [1.54, 1.807) is 35.6 Å². The maximum atomic E-state index is 12.3. The fraction of sp³-hybridized carbons (Fsp3) is 0.333. The Hall–Kier alpha value is -1.50. The molecule has 0 aliphatic rings. The van der Waals surface area contributed by atoms with Crippen LogP contribution in [0.5, 0.6) is 5.75 Å². The second-order valence-electron chi connectivity index (χ2n) is 3.60. The first-order valence-corrected chi connectivity index (χ1v) is 6.48. The number of esters is 1. The van der Waals surface area contributed by atoms with Gasteiger partial charge in [0.15, 0.2) is 0 Å². The monoisotopic (exact) mass is 399 g/mol. The fourth-order valence-electron chi connectivity index (χ4n) is 1.42. The number of carbonyl (C=O) groups excluding carboxylic acids is 1. The van der Waals surface area contributed by atoms with Crippen LogP contribution in [0.1, 0.15) is 18.1 Å². The Balaban J connectivity index is 3.12.